The van der Waals surface area contributed by atoms with Crippen molar-refractivity contribution in [2.45, 2.75) is 148 Å². The minimum Gasteiger partial charge on any atom is -0.453 e. The molecule has 4 amide bonds. The summed E-state index contributed by atoms with van der Waals surface area (Å²) in [7, 11) is 2.65. The second-order valence-corrected chi connectivity index (χ2v) is 22.8. The molecule has 8 unspecified atom stereocenters. The van der Waals surface area contributed by atoms with Crippen LogP contribution in [0.1, 0.15) is 144 Å². The molecule has 75 heavy (non-hydrogen) atoms. The first kappa shape index (κ1) is 50.2. The molecule has 2 saturated heterocycles. The topological polar surface area (TPSA) is 175 Å². The maximum Gasteiger partial charge on any atom is 0.407 e. The fraction of sp³-hybridized carbons (Fsp3) is 0.475. The normalized spacial score (nSPS) is 23.1. The van der Waals surface area contributed by atoms with Gasteiger partial charge in [-0.05, 0) is 157 Å². The summed E-state index contributed by atoms with van der Waals surface area (Å²) in [5.74, 6) is 1.96. The van der Waals surface area contributed by atoms with E-state index >= 15 is 0 Å². The quantitative estimate of drug-likeness (QED) is 0.105. The lowest BCUT2D eigenvalue weighted by molar-refractivity contribution is -0.138. The van der Waals surface area contributed by atoms with Crippen LogP contribution in [-0.4, -0.2) is 86.1 Å². The number of carbonyl (C=O) groups is 4. The summed E-state index contributed by atoms with van der Waals surface area (Å²) in [6.07, 6.45) is 12.5. The number of hydrogen-bond acceptors (Lipinski definition) is 8. The van der Waals surface area contributed by atoms with Gasteiger partial charge in [0.05, 0.1) is 48.4 Å². The number of aromatic amines is 2. The number of H-pyrrole nitrogens is 2. The number of alkyl carbamates (subject to hydrolysis) is 2. The van der Waals surface area contributed by atoms with Gasteiger partial charge in [0.1, 0.15) is 23.7 Å². The number of aromatic nitrogens is 4. The maximum absolute atomic E-state index is 14.5. The zero-order chi connectivity index (χ0) is 52.2. The highest BCUT2D eigenvalue weighted by Gasteiger charge is 2.49. The number of benzene rings is 4. The lowest BCUT2D eigenvalue weighted by atomic mass is 9.84. The molecule has 4 bridgehead atoms. The van der Waals surface area contributed by atoms with Gasteiger partial charge in [-0.1, -0.05) is 102 Å². The summed E-state index contributed by atoms with van der Waals surface area (Å²) in [6, 6.07) is 25.2. The van der Waals surface area contributed by atoms with Gasteiger partial charge >= 0.3 is 12.2 Å². The molecule has 0 radical (unpaired) electrons. The van der Waals surface area contributed by atoms with E-state index in [0.29, 0.717) is 5.92 Å². The lowest BCUT2D eigenvalue weighted by Crippen LogP contribution is -2.53. The van der Waals surface area contributed by atoms with Crippen molar-refractivity contribution in [3.63, 3.8) is 0 Å². The summed E-state index contributed by atoms with van der Waals surface area (Å²) in [5.41, 5.74) is 14.5. The number of nitrogens with zero attached hydrogens (tertiary/aromatic N) is 4. The van der Waals surface area contributed by atoms with Crippen LogP contribution in [-0.2, 0) is 38.3 Å². The Balaban J connectivity index is 0.864. The van der Waals surface area contributed by atoms with Crippen LogP contribution in [0.3, 0.4) is 0 Å². The van der Waals surface area contributed by atoms with Gasteiger partial charge in [-0.2, -0.15) is 0 Å². The van der Waals surface area contributed by atoms with E-state index in [2.05, 4.69) is 111 Å². The molecular weight excluding hydrogens is 941 g/mol. The summed E-state index contributed by atoms with van der Waals surface area (Å²) < 4.78 is 9.87. The average molecular weight is 1010 g/mol. The van der Waals surface area contributed by atoms with E-state index in [0.717, 1.165) is 128 Å². The Morgan fingerprint density at radius 2 is 1.29 bits per heavy atom. The average Bonchev–Trinajstić information content (AvgIpc) is 4.23. The van der Waals surface area contributed by atoms with E-state index in [1.165, 1.54) is 47.6 Å². The summed E-state index contributed by atoms with van der Waals surface area (Å²) in [5, 5.41) is 5.66. The minimum atomic E-state index is -0.738. The predicted octanol–water partition coefficient (Wildman–Crippen LogP) is 11.8. The predicted molar refractivity (Wildman–Crippen MR) is 290 cm³/mol. The molecule has 0 spiro atoms. The molecule has 3 fully saturated rings. The molecule has 14 heteroatoms. The second-order valence-electron chi connectivity index (χ2n) is 22.8. The van der Waals surface area contributed by atoms with Crippen LogP contribution in [0.4, 0.5) is 9.59 Å². The Morgan fingerprint density at radius 3 is 1.96 bits per heavy atom. The largest absolute Gasteiger partial charge is 0.453 e. The molecule has 6 aliphatic carbocycles. The molecule has 8 atom stereocenters. The smallest absolute Gasteiger partial charge is 0.407 e. The van der Waals surface area contributed by atoms with Crippen LogP contribution < -0.4 is 10.6 Å². The zero-order valence-corrected chi connectivity index (χ0v) is 44.5. The van der Waals surface area contributed by atoms with Crippen LogP contribution in [0.15, 0.2) is 84.6 Å². The first-order valence-corrected chi connectivity index (χ1v) is 27.6. The van der Waals surface area contributed by atoms with Crippen molar-refractivity contribution >= 4 is 46.1 Å². The monoisotopic (exact) mass is 1010 g/mol. The van der Waals surface area contributed by atoms with Crippen molar-refractivity contribution in [2.24, 2.45) is 23.7 Å². The summed E-state index contributed by atoms with van der Waals surface area (Å²) >= 11 is 0. The number of ether oxygens (including phenoxy) is 2. The highest BCUT2D eigenvalue weighted by molar-refractivity contribution is 5.90. The van der Waals surface area contributed by atoms with E-state index in [1.807, 2.05) is 32.6 Å². The van der Waals surface area contributed by atoms with Crippen LogP contribution in [0, 0.1) is 23.7 Å². The first-order valence-electron chi connectivity index (χ1n) is 27.6. The van der Waals surface area contributed by atoms with Gasteiger partial charge in [0.25, 0.3) is 0 Å². The molecule has 1 saturated carbocycles. The van der Waals surface area contributed by atoms with Gasteiger partial charge in [-0.25, -0.2) is 19.6 Å². The number of aryl methyl sites for hydroxylation is 2. The number of hydrogen-bond donors (Lipinski definition) is 4. The van der Waals surface area contributed by atoms with Crippen LogP contribution in [0.25, 0.3) is 44.3 Å². The maximum atomic E-state index is 14.5. The number of allylic oxidation sites excluding steroid dienone is 2. The molecule has 4 aromatic carbocycles. The number of likely N-dealkylation sites (tertiary alicyclic amines) is 2. The number of fused-ring (bicyclic) bond motifs is 4. The fourth-order valence-electron chi connectivity index (χ4n) is 13.3. The SMILES string of the molecule is COC(=O)NC(C(=O)N1C2=CCCCC2CC1c1nc2ccc(-c3cc4ccc3CCc3ccc(c(-c5ccc6nc(C7CC8CCCCC8N7C(=O)C(NC(=O)OC)C(C)C)[nH]c6c5)c3)CC4C)cc2[nH]1)C(C)C. The number of amides is 4. The Kier molecular flexibility index (Phi) is 13.8. The van der Waals surface area contributed by atoms with Crippen molar-refractivity contribution in [2.75, 3.05) is 14.2 Å². The Labute approximate surface area is 439 Å². The van der Waals surface area contributed by atoms with Gasteiger partial charge < -0.3 is 39.9 Å². The minimum absolute atomic E-state index is 0.0694. The number of imidazole rings is 2. The van der Waals surface area contributed by atoms with Gasteiger partial charge in [0.15, 0.2) is 0 Å². The van der Waals surface area contributed by atoms with Gasteiger partial charge in [0, 0.05) is 17.7 Å². The van der Waals surface area contributed by atoms with Crippen molar-refractivity contribution in [3.8, 4) is 22.3 Å². The lowest BCUT2D eigenvalue weighted by Gasteiger charge is -2.36. The molecule has 14 rings (SSSR count). The third kappa shape index (κ3) is 9.58. The van der Waals surface area contributed by atoms with Crippen LogP contribution >= 0.6 is 0 Å². The highest BCUT2D eigenvalue weighted by atomic mass is 16.5. The molecule has 392 valence electrons. The fourth-order valence-corrected chi connectivity index (χ4v) is 13.3. The third-order valence-corrected chi connectivity index (χ3v) is 17.3. The summed E-state index contributed by atoms with van der Waals surface area (Å²) in [4.78, 5) is 75.5. The molecule has 6 aromatic rings. The molecule has 8 aliphatic rings. The molecule has 2 aromatic heterocycles. The zero-order valence-electron chi connectivity index (χ0n) is 44.5. The van der Waals surface area contributed by atoms with E-state index in [9.17, 15) is 19.2 Å². The van der Waals surface area contributed by atoms with Crippen molar-refractivity contribution in [1.29, 1.82) is 0 Å². The van der Waals surface area contributed by atoms with E-state index in [1.54, 1.807) is 0 Å². The Bertz CT molecular complexity index is 3210. The van der Waals surface area contributed by atoms with Crippen LogP contribution in [0.2, 0.25) is 0 Å². The first-order chi connectivity index (χ1) is 36.3. The Hall–Kier alpha value is -6.96. The van der Waals surface area contributed by atoms with Gasteiger partial charge in [-0.3, -0.25) is 9.59 Å². The van der Waals surface area contributed by atoms with Crippen molar-refractivity contribution in [1.82, 2.24) is 40.4 Å². The highest BCUT2D eigenvalue weighted by Crippen LogP contribution is 2.49. The molecule has 14 nitrogen and oxygen atoms in total. The van der Waals surface area contributed by atoms with Gasteiger partial charge in [0.2, 0.25) is 11.8 Å². The molecular formula is C61H72N8O6. The third-order valence-electron chi connectivity index (χ3n) is 17.3. The summed E-state index contributed by atoms with van der Waals surface area (Å²) in [6.45, 7) is 10.1. The van der Waals surface area contributed by atoms with Crippen LogP contribution in [0.5, 0.6) is 0 Å². The number of nitrogens with one attached hydrogen (secondary N) is 4. The number of rotatable bonds is 10. The van der Waals surface area contributed by atoms with Crippen molar-refractivity contribution in [3.05, 3.63) is 118 Å². The van der Waals surface area contributed by atoms with Gasteiger partial charge in [-0.15, -0.1) is 0 Å². The van der Waals surface area contributed by atoms with E-state index < -0.39 is 24.3 Å². The van der Waals surface area contributed by atoms with E-state index in [-0.39, 0.29) is 53.6 Å². The van der Waals surface area contributed by atoms with E-state index in [4.69, 9.17) is 19.4 Å². The molecule has 4 N–H and O–H groups in total. The van der Waals surface area contributed by atoms with Crippen molar-refractivity contribution < 1.29 is 28.7 Å². The number of carbonyl (C=O) groups excluding carboxylic acids is 4. The second kappa shape index (κ2) is 20.6. The Morgan fingerprint density at radius 1 is 0.667 bits per heavy atom. The molecule has 4 heterocycles. The number of methoxy groups -OCH3 is 2. The standard InChI is InChI=1S/C61H72N8O6/c1-33(2)54(66-60(72)74-6)58(70)68-50-14-10-8-12-42(50)31-52(68)56-62-46-24-22-40(29-48(46)64-56)44-27-36-16-18-37-20-21-38(35(5)26-39(44)19-17-36)28-45(37)41-23-25-47-49(30-41)65-57(63-47)53-32-43-13-9-11-15-51(43)69(53)59(71)55(34(3)4)67-61(73)75-7/h15,17,19-25,27-30,33-35,42-43,50,52-55H,8-14,16,18,26,31-32H2,1-7H3,(H,62,64)(H,63,65)(H,66,72)(H,67,73). The molecule has 2 aliphatic heterocycles.